The lowest BCUT2D eigenvalue weighted by atomic mass is 10.3. The summed E-state index contributed by atoms with van der Waals surface area (Å²) in [6.07, 6.45) is 1.33. The first-order chi connectivity index (χ1) is 10.2. The van der Waals surface area contributed by atoms with Gasteiger partial charge in [0.05, 0.1) is 10.2 Å². The molecule has 21 heavy (non-hydrogen) atoms. The molecule has 0 saturated heterocycles. The molecule has 0 N–H and O–H groups in total. The number of amides is 1. The highest BCUT2D eigenvalue weighted by molar-refractivity contribution is 9.10. The number of hydrogen-bond acceptors (Lipinski definition) is 4. The van der Waals surface area contributed by atoms with Crippen molar-refractivity contribution in [2.75, 3.05) is 13.2 Å². The van der Waals surface area contributed by atoms with Gasteiger partial charge in [-0.2, -0.15) is 4.99 Å². The molecule has 2 aromatic rings. The van der Waals surface area contributed by atoms with Gasteiger partial charge >= 0.3 is 5.91 Å². The van der Waals surface area contributed by atoms with Gasteiger partial charge in [-0.3, -0.25) is 4.79 Å². The predicted octanol–water partition coefficient (Wildman–Crippen LogP) is 2.80. The highest BCUT2D eigenvalue weighted by Crippen LogP contribution is 2.25. The van der Waals surface area contributed by atoms with Crippen LogP contribution in [0.15, 0.2) is 39.7 Å². The van der Waals surface area contributed by atoms with Crippen molar-refractivity contribution in [2.45, 2.75) is 13.5 Å². The summed E-state index contributed by atoms with van der Waals surface area (Å²) < 4.78 is 14.4. The standard InChI is InChI=1S/C14H13BrN2O3S/c1-2-17-12-9(15)4-3-5-11(12)21-14(17)16-13(18)10-8-19-6-7-20-10/h3-5,8H,2,6-7H2,1H3. The van der Waals surface area contributed by atoms with Crippen LogP contribution in [0.1, 0.15) is 6.92 Å². The number of carbonyl (C=O) groups is 1. The summed E-state index contributed by atoms with van der Waals surface area (Å²) in [4.78, 5) is 17.0. The molecule has 2 heterocycles. The van der Waals surface area contributed by atoms with E-state index in [-0.39, 0.29) is 5.76 Å². The highest BCUT2D eigenvalue weighted by atomic mass is 79.9. The van der Waals surface area contributed by atoms with Crippen LogP contribution in [0, 0.1) is 0 Å². The Labute approximate surface area is 133 Å². The molecule has 0 atom stereocenters. The molecule has 5 nitrogen and oxygen atoms in total. The zero-order valence-corrected chi connectivity index (χ0v) is 13.7. The van der Waals surface area contributed by atoms with Crippen LogP contribution in [0.5, 0.6) is 0 Å². The molecule has 0 fully saturated rings. The molecule has 1 aliphatic heterocycles. The van der Waals surface area contributed by atoms with Crippen LogP contribution in [0.25, 0.3) is 10.2 Å². The fraction of sp³-hybridized carbons (Fsp3) is 0.286. The number of rotatable bonds is 2. The Bertz CT molecular complexity index is 791. The average molecular weight is 369 g/mol. The number of carbonyl (C=O) groups excluding carboxylic acids is 1. The van der Waals surface area contributed by atoms with Crippen molar-refractivity contribution < 1.29 is 14.3 Å². The Balaban J connectivity index is 2.11. The van der Waals surface area contributed by atoms with Crippen molar-refractivity contribution in [1.29, 1.82) is 0 Å². The quantitative estimate of drug-likeness (QED) is 0.818. The maximum atomic E-state index is 12.1. The smallest absolute Gasteiger partial charge is 0.317 e. The van der Waals surface area contributed by atoms with Crippen LogP contribution in [-0.2, 0) is 20.8 Å². The third kappa shape index (κ3) is 2.75. The minimum absolute atomic E-state index is 0.153. The summed E-state index contributed by atoms with van der Waals surface area (Å²) in [6, 6.07) is 5.96. The zero-order chi connectivity index (χ0) is 14.8. The lowest BCUT2D eigenvalue weighted by molar-refractivity contribution is -0.119. The predicted molar refractivity (Wildman–Crippen MR) is 83.7 cm³/mol. The van der Waals surface area contributed by atoms with E-state index in [1.807, 2.05) is 29.7 Å². The molecule has 0 radical (unpaired) electrons. The summed E-state index contributed by atoms with van der Waals surface area (Å²) in [5.74, 6) is -0.264. The van der Waals surface area contributed by atoms with Gasteiger partial charge in [0.15, 0.2) is 4.80 Å². The van der Waals surface area contributed by atoms with Crippen LogP contribution >= 0.6 is 27.3 Å². The van der Waals surface area contributed by atoms with Gasteiger partial charge in [-0.1, -0.05) is 17.4 Å². The molecule has 3 rings (SSSR count). The average Bonchev–Trinajstić information content (AvgIpc) is 2.86. The summed E-state index contributed by atoms with van der Waals surface area (Å²) in [5, 5.41) is 0. The van der Waals surface area contributed by atoms with Gasteiger partial charge in [-0.05, 0) is 35.0 Å². The van der Waals surface area contributed by atoms with Crippen molar-refractivity contribution in [3.63, 3.8) is 0 Å². The van der Waals surface area contributed by atoms with Crippen molar-refractivity contribution in [3.05, 3.63) is 39.5 Å². The maximum Gasteiger partial charge on any atom is 0.317 e. The van der Waals surface area contributed by atoms with E-state index in [4.69, 9.17) is 9.47 Å². The SMILES string of the molecule is CCn1c(=NC(=O)C2=COCCO2)sc2cccc(Br)c21. The molecule has 0 aliphatic carbocycles. The third-order valence-electron chi connectivity index (χ3n) is 3.03. The number of aryl methyl sites for hydroxylation is 1. The van der Waals surface area contributed by atoms with E-state index in [9.17, 15) is 4.79 Å². The molecule has 1 amide bonds. The Kier molecular flexibility index (Phi) is 4.12. The molecule has 0 saturated carbocycles. The second-order valence-corrected chi connectivity index (χ2v) is 6.20. The van der Waals surface area contributed by atoms with Crippen molar-refractivity contribution in [2.24, 2.45) is 4.99 Å². The fourth-order valence-corrected chi connectivity index (χ4v) is 3.92. The maximum absolute atomic E-state index is 12.1. The fourth-order valence-electron chi connectivity index (χ4n) is 2.09. The largest absolute Gasteiger partial charge is 0.494 e. The van der Waals surface area contributed by atoms with Gasteiger partial charge in [0, 0.05) is 11.0 Å². The molecular formula is C14H13BrN2O3S. The molecule has 0 bridgehead atoms. The molecule has 0 unspecified atom stereocenters. The minimum atomic E-state index is -0.417. The molecule has 110 valence electrons. The van der Waals surface area contributed by atoms with Gasteiger partial charge in [0.2, 0.25) is 5.76 Å². The number of para-hydroxylation sites is 1. The summed E-state index contributed by atoms with van der Waals surface area (Å²) in [6.45, 7) is 3.58. The van der Waals surface area contributed by atoms with E-state index >= 15 is 0 Å². The number of halogens is 1. The van der Waals surface area contributed by atoms with E-state index in [2.05, 4.69) is 20.9 Å². The van der Waals surface area contributed by atoms with Crippen molar-refractivity contribution in [1.82, 2.24) is 4.57 Å². The Morgan fingerprint density at radius 2 is 2.33 bits per heavy atom. The zero-order valence-electron chi connectivity index (χ0n) is 11.3. The topological polar surface area (TPSA) is 52.8 Å². The van der Waals surface area contributed by atoms with Crippen LogP contribution in [-0.4, -0.2) is 23.7 Å². The normalized spacial score (nSPS) is 15.5. The van der Waals surface area contributed by atoms with E-state index in [1.54, 1.807) is 0 Å². The third-order valence-corrected chi connectivity index (χ3v) is 4.71. The van der Waals surface area contributed by atoms with Gasteiger partial charge < -0.3 is 14.0 Å². The Hall–Kier alpha value is -1.60. The number of benzene rings is 1. The highest BCUT2D eigenvalue weighted by Gasteiger charge is 2.15. The first-order valence-electron chi connectivity index (χ1n) is 6.52. The monoisotopic (exact) mass is 368 g/mol. The van der Waals surface area contributed by atoms with Crippen LogP contribution in [0.2, 0.25) is 0 Å². The lowest BCUT2D eigenvalue weighted by Crippen LogP contribution is -2.19. The van der Waals surface area contributed by atoms with E-state index in [0.29, 0.717) is 18.0 Å². The summed E-state index contributed by atoms with van der Waals surface area (Å²) in [5.41, 5.74) is 1.05. The molecule has 1 aliphatic rings. The minimum Gasteiger partial charge on any atom is -0.494 e. The van der Waals surface area contributed by atoms with Crippen LogP contribution in [0.3, 0.4) is 0 Å². The first-order valence-corrected chi connectivity index (χ1v) is 8.13. The number of thiazole rings is 1. The molecule has 7 heteroatoms. The van der Waals surface area contributed by atoms with Gasteiger partial charge in [-0.25, -0.2) is 0 Å². The van der Waals surface area contributed by atoms with Crippen molar-refractivity contribution in [3.8, 4) is 0 Å². The molecule has 1 aromatic heterocycles. The van der Waals surface area contributed by atoms with Crippen LogP contribution in [0.4, 0.5) is 0 Å². The van der Waals surface area contributed by atoms with Gasteiger partial charge in [-0.15, -0.1) is 0 Å². The second-order valence-electron chi connectivity index (χ2n) is 4.33. The first kappa shape index (κ1) is 14.3. The van der Waals surface area contributed by atoms with Gasteiger partial charge in [0.1, 0.15) is 19.5 Å². The second kappa shape index (κ2) is 6.03. The van der Waals surface area contributed by atoms with E-state index in [1.165, 1.54) is 17.6 Å². The van der Waals surface area contributed by atoms with E-state index in [0.717, 1.165) is 21.2 Å². The summed E-state index contributed by atoms with van der Waals surface area (Å²) >= 11 is 5.02. The number of hydrogen-bond donors (Lipinski definition) is 0. The summed E-state index contributed by atoms with van der Waals surface area (Å²) in [7, 11) is 0. The van der Waals surface area contributed by atoms with Crippen molar-refractivity contribution >= 4 is 43.4 Å². The lowest BCUT2D eigenvalue weighted by Gasteiger charge is -2.12. The number of fused-ring (bicyclic) bond motifs is 1. The number of aromatic nitrogens is 1. The molecule has 0 spiro atoms. The molecular weight excluding hydrogens is 356 g/mol. The van der Waals surface area contributed by atoms with E-state index < -0.39 is 5.91 Å². The van der Waals surface area contributed by atoms with Gasteiger partial charge in [0.25, 0.3) is 0 Å². The van der Waals surface area contributed by atoms with Crippen LogP contribution < -0.4 is 4.80 Å². The number of ether oxygens (including phenoxy) is 2. The Morgan fingerprint density at radius 3 is 3.05 bits per heavy atom. The Morgan fingerprint density at radius 1 is 1.48 bits per heavy atom. The molecule has 1 aromatic carbocycles. The number of nitrogens with zero attached hydrogens (tertiary/aromatic N) is 2.